The van der Waals surface area contributed by atoms with E-state index in [2.05, 4.69) is 15.7 Å². The molecule has 0 saturated carbocycles. The Hall–Kier alpha value is -1.85. The van der Waals surface area contributed by atoms with Crippen LogP contribution in [0.2, 0.25) is 0 Å². The molecule has 6 nitrogen and oxygen atoms in total. The molecule has 0 fully saturated rings. The Morgan fingerprint density at radius 3 is 2.65 bits per heavy atom. The molecule has 0 aliphatic carbocycles. The number of aromatic nitrogens is 2. The van der Waals surface area contributed by atoms with Crippen molar-refractivity contribution in [2.75, 3.05) is 13.1 Å². The minimum Gasteiger partial charge on any atom is -0.359 e. The molecule has 2 amide bonds. The maximum Gasteiger partial charge on any atom is 0.255 e. The minimum absolute atomic E-state index is 0.112. The third kappa shape index (κ3) is 3.30. The predicted molar refractivity (Wildman–Crippen MR) is 63.7 cm³/mol. The predicted octanol–water partition coefficient (Wildman–Crippen LogP) is -0.0972. The monoisotopic (exact) mass is 238 g/mol. The van der Waals surface area contributed by atoms with E-state index in [0.717, 1.165) is 11.4 Å². The third-order valence-corrected chi connectivity index (χ3v) is 2.60. The molecule has 0 bridgehead atoms. The van der Waals surface area contributed by atoms with E-state index in [1.807, 2.05) is 20.9 Å². The van der Waals surface area contributed by atoms with E-state index in [-0.39, 0.29) is 5.91 Å². The lowest BCUT2D eigenvalue weighted by Crippen LogP contribution is -2.27. The molecule has 0 unspecified atom stereocenters. The molecule has 0 saturated heterocycles. The Bertz CT molecular complexity index is 412. The van der Waals surface area contributed by atoms with Crippen molar-refractivity contribution in [1.82, 2.24) is 20.4 Å². The third-order valence-electron chi connectivity index (χ3n) is 2.60. The highest BCUT2D eigenvalue weighted by molar-refractivity contribution is 5.96. The van der Waals surface area contributed by atoms with E-state index >= 15 is 0 Å². The smallest absolute Gasteiger partial charge is 0.255 e. The molecule has 0 aliphatic heterocycles. The van der Waals surface area contributed by atoms with E-state index in [1.54, 1.807) is 4.68 Å². The Kier molecular flexibility index (Phi) is 4.68. The fourth-order valence-electron chi connectivity index (χ4n) is 1.64. The van der Waals surface area contributed by atoms with Crippen LogP contribution in [0.5, 0.6) is 0 Å². The summed E-state index contributed by atoms with van der Waals surface area (Å²) in [5.74, 6) is -0.112. The second-order valence-electron chi connectivity index (χ2n) is 3.85. The molecule has 0 aromatic carbocycles. The summed E-state index contributed by atoms with van der Waals surface area (Å²) in [7, 11) is 1.81. The fraction of sp³-hybridized carbons (Fsp3) is 0.545. The van der Waals surface area contributed by atoms with Crippen molar-refractivity contribution >= 4 is 12.3 Å². The van der Waals surface area contributed by atoms with Gasteiger partial charge in [-0.1, -0.05) is 0 Å². The number of hydrogen-bond acceptors (Lipinski definition) is 3. The summed E-state index contributed by atoms with van der Waals surface area (Å²) in [5, 5.41) is 9.53. The zero-order chi connectivity index (χ0) is 12.8. The van der Waals surface area contributed by atoms with Gasteiger partial charge in [-0.25, -0.2) is 0 Å². The van der Waals surface area contributed by atoms with Crippen LogP contribution >= 0.6 is 0 Å². The summed E-state index contributed by atoms with van der Waals surface area (Å²) in [6, 6.07) is 0. The molecule has 0 radical (unpaired) electrons. The normalized spacial score (nSPS) is 10.1. The van der Waals surface area contributed by atoms with E-state index in [9.17, 15) is 9.59 Å². The molecular weight excluding hydrogens is 220 g/mol. The van der Waals surface area contributed by atoms with E-state index in [4.69, 9.17) is 0 Å². The van der Waals surface area contributed by atoms with Gasteiger partial charge in [-0.05, 0) is 20.3 Å². The maximum absolute atomic E-state index is 11.9. The number of aryl methyl sites for hydroxylation is 2. The highest BCUT2D eigenvalue weighted by Crippen LogP contribution is 2.11. The molecule has 1 heterocycles. The van der Waals surface area contributed by atoms with Crippen LogP contribution < -0.4 is 10.6 Å². The SMILES string of the molecule is Cc1nn(C)c(C)c1C(=O)NCCCNC=O. The lowest BCUT2D eigenvalue weighted by atomic mass is 10.2. The van der Waals surface area contributed by atoms with Gasteiger partial charge in [0.2, 0.25) is 6.41 Å². The lowest BCUT2D eigenvalue weighted by molar-refractivity contribution is -0.109. The van der Waals surface area contributed by atoms with Crippen molar-refractivity contribution < 1.29 is 9.59 Å². The van der Waals surface area contributed by atoms with E-state index in [1.165, 1.54) is 0 Å². The molecule has 1 aromatic heterocycles. The van der Waals surface area contributed by atoms with Crippen molar-refractivity contribution in [3.8, 4) is 0 Å². The average Bonchev–Trinajstić information content (AvgIpc) is 2.53. The van der Waals surface area contributed by atoms with Crippen LogP contribution in [-0.2, 0) is 11.8 Å². The van der Waals surface area contributed by atoms with Crippen molar-refractivity contribution in [2.24, 2.45) is 7.05 Å². The summed E-state index contributed by atoms with van der Waals surface area (Å²) in [6.45, 7) is 4.78. The standard InChI is InChI=1S/C11H18N4O2/c1-8-10(9(2)15(3)14-8)11(17)13-6-4-5-12-7-16/h7H,4-6H2,1-3H3,(H,12,16)(H,13,17). The maximum atomic E-state index is 11.9. The largest absolute Gasteiger partial charge is 0.359 e. The van der Waals surface area contributed by atoms with Crippen LogP contribution in [0, 0.1) is 13.8 Å². The van der Waals surface area contributed by atoms with Gasteiger partial charge in [-0.3, -0.25) is 14.3 Å². The molecule has 0 aliphatic rings. The topological polar surface area (TPSA) is 76.0 Å². The first-order chi connectivity index (χ1) is 8.07. The number of rotatable bonds is 6. The molecule has 6 heteroatoms. The lowest BCUT2D eigenvalue weighted by Gasteiger charge is -2.05. The van der Waals surface area contributed by atoms with Gasteiger partial charge in [-0.2, -0.15) is 5.10 Å². The van der Waals surface area contributed by atoms with Crippen molar-refractivity contribution in [3.63, 3.8) is 0 Å². The Morgan fingerprint density at radius 2 is 2.12 bits per heavy atom. The first-order valence-electron chi connectivity index (χ1n) is 5.53. The number of nitrogens with one attached hydrogen (secondary N) is 2. The highest BCUT2D eigenvalue weighted by atomic mass is 16.1. The number of carbonyl (C=O) groups excluding carboxylic acids is 2. The van der Waals surface area contributed by atoms with Crippen molar-refractivity contribution in [3.05, 3.63) is 17.0 Å². The molecule has 1 rings (SSSR count). The molecule has 17 heavy (non-hydrogen) atoms. The van der Waals surface area contributed by atoms with Gasteiger partial charge in [0.25, 0.3) is 5.91 Å². The molecular formula is C11H18N4O2. The van der Waals surface area contributed by atoms with Gasteiger partial charge in [-0.15, -0.1) is 0 Å². The van der Waals surface area contributed by atoms with Crippen LogP contribution in [0.3, 0.4) is 0 Å². The van der Waals surface area contributed by atoms with Gasteiger partial charge in [0.15, 0.2) is 0 Å². The van der Waals surface area contributed by atoms with Gasteiger partial charge in [0.1, 0.15) is 0 Å². The second-order valence-corrected chi connectivity index (χ2v) is 3.85. The Morgan fingerprint density at radius 1 is 1.41 bits per heavy atom. The van der Waals surface area contributed by atoms with Crippen LogP contribution in [0.25, 0.3) is 0 Å². The van der Waals surface area contributed by atoms with Crippen LogP contribution in [-0.4, -0.2) is 35.2 Å². The first-order valence-corrected chi connectivity index (χ1v) is 5.53. The number of nitrogens with zero attached hydrogens (tertiary/aromatic N) is 2. The van der Waals surface area contributed by atoms with Crippen molar-refractivity contribution in [2.45, 2.75) is 20.3 Å². The molecule has 94 valence electrons. The zero-order valence-electron chi connectivity index (χ0n) is 10.4. The number of amides is 2. The number of carbonyl (C=O) groups is 2. The summed E-state index contributed by atoms with van der Waals surface area (Å²) >= 11 is 0. The van der Waals surface area contributed by atoms with Gasteiger partial charge < -0.3 is 10.6 Å². The Balaban J connectivity index is 2.50. The highest BCUT2D eigenvalue weighted by Gasteiger charge is 2.16. The molecule has 2 N–H and O–H groups in total. The van der Waals surface area contributed by atoms with Crippen molar-refractivity contribution in [1.29, 1.82) is 0 Å². The second kappa shape index (κ2) is 6.03. The van der Waals surface area contributed by atoms with E-state index in [0.29, 0.717) is 31.5 Å². The molecule has 0 spiro atoms. The van der Waals surface area contributed by atoms with Crippen LogP contribution in [0.15, 0.2) is 0 Å². The molecule has 0 atom stereocenters. The minimum atomic E-state index is -0.112. The summed E-state index contributed by atoms with van der Waals surface area (Å²) in [5.41, 5.74) is 2.22. The molecule has 1 aromatic rings. The zero-order valence-corrected chi connectivity index (χ0v) is 10.4. The average molecular weight is 238 g/mol. The van der Waals surface area contributed by atoms with Crippen LogP contribution in [0.4, 0.5) is 0 Å². The summed E-state index contributed by atoms with van der Waals surface area (Å²) < 4.78 is 1.69. The van der Waals surface area contributed by atoms with E-state index < -0.39 is 0 Å². The van der Waals surface area contributed by atoms with Gasteiger partial charge >= 0.3 is 0 Å². The van der Waals surface area contributed by atoms with Gasteiger partial charge in [0.05, 0.1) is 11.3 Å². The fourth-order valence-corrected chi connectivity index (χ4v) is 1.64. The van der Waals surface area contributed by atoms with Gasteiger partial charge in [0, 0.05) is 25.8 Å². The summed E-state index contributed by atoms with van der Waals surface area (Å²) in [6.07, 6.45) is 1.36. The number of hydrogen-bond donors (Lipinski definition) is 2. The first kappa shape index (κ1) is 13.2. The quantitative estimate of drug-likeness (QED) is 0.537. The van der Waals surface area contributed by atoms with Crippen LogP contribution in [0.1, 0.15) is 28.2 Å². The summed E-state index contributed by atoms with van der Waals surface area (Å²) in [4.78, 5) is 21.9. The Labute approximate surface area is 100 Å².